The topological polar surface area (TPSA) is 57.7 Å². The first-order valence-corrected chi connectivity index (χ1v) is 9.01. The predicted octanol–water partition coefficient (Wildman–Crippen LogP) is 2.01. The molecular weight excluding hydrogens is 300 g/mol. The predicted molar refractivity (Wildman–Crippen MR) is 86.0 cm³/mol. The molecule has 1 fully saturated rings. The second-order valence-electron chi connectivity index (χ2n) is 6.15. The molecular formula is C16H24N2O3S. The number of sulfonamides is 1. The molecule has 1 aromatic carbocycles. The monoisotopic (exact) mass is 324 g/mol. The van der Waals surface area contributed by atoms with E-state index in [4.69, 9.17) is 0 Å². The Morgan fingerprint density at radius 2 is 1.68 bits per heavy atom. The molecule has 0 spiro atoms. The van der Waals surface area contributed by atoms with Gasteiger partial charge in [-0.15, -0.1) is 0 Å². The zero-order valence-corrected chi connectivity index (χ0v) is 14.4. The molecule has 0 aromatic heterocycles. The molecule has 0 aliphatic carbocycles. The van der Waals surface area contributed by atoms with Crippen LogP contribution in [0.25, 0.3) is 0 Å². The van der Waals surface area contributed by atoms with Crippen LogP contribution in [-0.4, -0.2) is 49.2 Å². The van der Waals surface area contributed by atoms with Gasteiger partial charge in [0.25, 0.3) is 0 Å². The molecule has 1 aliphatic rings. The third-order valence-electron chi connectivity index (χ3n) is 4.33. The Hall–Kier alpha value is -1.40. The van der Waals surface area contributed by atoms with E-state index in [9.17, 15) is 13.2 Å². The van der Waals surface area contributed by atoms with Gasteiger partial charge in [0.1, 0.15) is 0 Å². The van der Waals surface area contributed by atoms with E-state index >= 15 is 0 Å². The number of carbonyl (C=O) groups is 1. The van der Waals surface area contributed by atoms with E-state index in [0.29, 0.717) is 0 Å². The van der Waals surface area contributed by atoms with E-state index < -0.39 is 10.0 Å². The number of carbonyl (C=O) groups excluding carboxylic acids is 1. The number of rotatable bonds is 4. The first-order chi connectivity index (χ1) is 10.2. The fraction of sp³-hybridized carbons (Fsp3) is 0.562. The van der Waals surface area contributed by atoms with E-state index in [-0.39, 0.29) is 29.4 Å². The van der Waals surface area contributed by atoms with Crippen molar-refractivity contribution in [2.75, 3.05) is 13.6 Å². The van der Waals surface area contributed by atoms with E-state index in [1.165, 1.54) is 7.05 Å². The highest BCUT2D eigenvalue weighted by atomic mass is 32.2. The van der Waals surface area contributed by atoms with Gasteiger partial charge in [-0.05, 0) is 45.7 Å². The Bertz CT molecular complexity index is 630. The fourth-order valence-electron chi connectivity index (χ4n) is 2.93. The van der Waals surface area contributed by atoms with Crippen molar-refractivity contribution in [3.8, 4) is 0 Å². The van der Waals surface area contributed by atoms with Crippen molar-refractivity contribution in [3.63, 3.8) is 0 Å². The Balaban J connectivity index is 2.12. The molecule has 2 rings (SSSR count). The summed E-state index contributed by atoms with van der Waals surface area (Å²) in [6.07, 6.45) is 1.95. The molecule has 1 heterocycles. The van der Waals surface area contributed by atoms with Crippen LogP contribution in [-0.2, 0) is 14.8 Å². The molecule has 122 valence electrons. The van der Waals surface area contributed by atoms with Crippen LogP contribution < -0.4 is 0 Å². The summed E-state index contributed by atoms with van der Waals surface area (Å²) in [6.45, 7) is 5.80. The number of nitrogens with zero attached hydrogens (tertiary/aromatic N) is 2. The van der Waals surface area contributed by atoms with Crippen LogP contribution in [0.15, 0.2) is 29.2 Å². The zero-order valence-electron chi connectivity index (χ0n) is 13.6. The van der Waals surface area contributed by atoms with Crippen LogP contribution in [0.1, 0.15) is 32.3 Å². The maximum absolute atomic E-state index is 12.5. The average Bonchev–Trinajstić information content (AvgIpc) is 2.78. The van der Waals surface area contributed by atoms with Crippen LogP contribution in [0, 0.1) is 6.92 Å². The lowest BCUT2D eigenvalue weighted by Gasteiger charge is -2.28. The van der Waals surface area contributed by atoms with Crippen LogP contribution >= 0.6 is 0 Å². The summed E-state index contributed by atoms with van der Waals surface area (Å²) >= 11 is 0. The number of hydrogen-bond donors (Lipinski definition) is 0. The molecule has 5 nitrogen and oxygen atoms in total. The molecule has 22 heavy (non-hydrogen) atoms. The summed E-state index contributed by atoms with van der Waals surface area (Å²) in [6, 6.07) is 7.02. The largest absolute Gasteiger partial charge is 0.336 e. The van der Waals surface area contributed by atoms with Gasteiger partial charge in [0.15, 0.2) is 0 Å². The number of aryl methyl sites for hydroxylation is 1. The summed E-state index contributed by atoms with van der Waals surface area (Å²) in [5, 5.41) is 0. The van der Waals surface area contributed by atoms with Gasteiger partial charge < -0.3 is 4.90 Å². The number of likely N-dealkylation sites (N-methyl/N-ethyl adjacent to an activating group) is 1. The van der Waals surface area contributed by atoms with Crippen molar-refractivity contribution >= 4 is 15.9 Å². The molecule has 0 bridgehead atoms. The second kappa shape index (κ2) is 6.38. The summed E-state index contributed by atoms with van der Waals surface area (Å²) in [5.74, 6) is -0.129. The highest BCUT2D eigenvalue weighted by molar-refractivity contribution is 7.89. The minimum atomic E-state index is -3.63. The fourth-order valence-corrected chi connectivity index (χ4v) is 4.05. The molecule has 1 saturated heterocycles. The van der Waals surface area contributed by atoms with Crippen LogP contribution in [0.4, 0.5) is 0 Å². The molecule has 0 N–H and O–H groups in total. The Labute approximate surface area is 133 Å². The maximum atomic E-state index is 12.5. The van der Waals surface area contributed by atoms with Crippen molar-refractivity contribution < 1.29 is 13.2 Å². The summed E-state index contributed by atoms with van der Waals surface area (Å²) in [4.78, 5) is 14.5. The summed E-state index contributed by atoms with van der Waals surface area (Å²) < 4.78 is 26.2. The molecule has 2 atom stereocenters. The first kappa shape index (κ1) is 17.0. The molecule has 1 aliphatic heterocycles. The SMILES string of the molecule is Cc1ccc(S(=O)(=O)N(C)CC(=O)N2[C@H](C)CC[C@H]2C)cc1. The van der Waals surface area contributed by atoms with Gasteiger partial charge in [-0.3, -0.25) is 4.79 Å². The molecule has 0 radical (unpaired) electrons. The van der Waals surface area contributed by atoms with E-state index in [1.54, 1.807) is 29.2 Å². The van der Waals surface area contributed by atoms with Gasteiger partial charge >= 0.3 is 0 Å². The van der Waals surface area contributed by atoms with Gasteiger partial charge in [0.2, 0.25) is 15.9 Å². The van der Waals surface area contributed by atoms with Gasteiger partial charge in [0, 0.05) is 19.1 Å². The molecule has 1 amide bonds. The molecule has 1 aromatic rings. The van der Waals surface area contributed by atoms with Crippen molar-refractivity contribution in [1.29, 1.82) is 0 Å². The lowest BCUT2D eigenvalue weighted by Crippen LogP contribution is -2.45. The van der Waals surface area contributed by atoms with Crippen LogP contribution in [0.2, 0.25) is 0 Å². The molecule has 0 unspecified atom stereocenters. The molecule has 6 heteroatoms. The van der Waals surface area contributed by atoms with Crippen molar-refractivity contribution in [2.45, 2.75) is 50.6 Å². The van der Waals surface area contributed by atoms with Gasteiger partial charge in [-0.2, -0.15) is 4.31 Å². The first-order valence-electron chi connectivity index (χ1n) is 7.57. The summed E-state index contributed by atoms with van der Waals surface area (Å²) in [7, 11) is -2.17. The minimum absolute atomic E-state index is 0.120. The molecule has 0 saturated carbocycles. The Morgan fingerprint density at radius 1 is 1.18 bits per heavy atom. The highest BCUT2D eigenvalue weighted by Gasteiger charge is 2.33. The number of hydrogen-bond acceptors (Lipinski definition) is 3. The van der Waals surface area contributed by atoms with E-state index in [2.05, 4.69) is 0 Å². The lowest BCUT2D eigenvalue weighted by atomic mass is 10.2. The minimum Gasteiger partial charge on any atom is -0.336 e. The quantitative estimate of drug-likeness (QED) is 0.851. The average molecular weight is 324 g/mol. The number of benzene rings is 1. The maximum Gasteiger partial charge on any atom is 0.243 e. The van der Waals surface area contributed by atoms with Gasteiger partial charge in [-0.25, -0.2) is 8.42 Å². The standard InChI is InChI=1S/C16H24N2O3S/c1-12-5-9-15(10-6-12)22(20,21)17(4)11-16(19)18-13(2)7-8-14(18)3/h5-6,9-10,13-14H,7-8,11H2,1-4H3/t13-,14-/m1/s1. The van der Waals surface area contributed by atoms with E-state index in [0.717, 1.165) is 22.7 Å². The smallest absolute Gasteiger partial charge is 0.243 e. The van der Waals surface area contributed by atoms with Crippen molar-refractivity contribution in [1.82, 2.24) is 9.21 Å². The van der Waals surface area contributed by atoms with E-state index in [1.807, 2.05) is 20.8 Å². The highest BCUT2D eigenvalue weighted by Crippen LogP contribution is 2.24. The van der Waals surface area contributed by atoms with Gasteiger partial charge in [0.05, 0.1) is 11.4 Å². The number of likely N-dealkylation sites (tertiary alicyclic amines) is 1. The Kier molecular flexibility index (Phi) is 4.92. The van der Waals surface area contributed by atoms with Crippen molar-refractivity contribution in [2.24, 2.45) is 0 Å². The normalized spacial score (nSPS) is 22.3. The van der Waals surface area contributed by atoms with Crippen LogP contribution in [0.3, 0.4) is 0 Å². The van der Waals surface area contributed by atoms with Gasteiger partial charge in [-0.1, -0.05) is 17.7 Å². The lowest BCUT2D eigenvalue weighted by molar-refractivity contribution is -0.133. The third kappa shape index (κ3) is 3.33. The van der Waals surface area contributed by atoms with Crippen molar-refractivity contribution in [3.05, 3.63) is 29.8 Å². The Morgan fingerprint density at radius 3 is 2.18 bits per heavy atom. The van der Waals surface area contributed by atoms with Crippen LogP contribution in [0.5, 0.6) is 0 Å². The zero-order chi connectivity index (χ0) is 16.5. The number of amides is 1. The summed E-state index contributed by atoms with van der Waals surface area (Å²) in [5.41, 5.74) is 0.998. The third-order valence-corrected chi connectivity index (χ3v) is 6.14. The second-order valence-corrected chi connectivity index (χ2v) is 8.20.